The van der Waals surface area contributed by atoms with Gasteiger partial charge in [0, 0.05) is 0 Å². The summed E-state index contributed by atoms with van der Waals surface area (Å²) in [4.78, 5) is 0. The van der Waals surface area contributed by atoms with E-state index in [1.807, 2.05) is 32.0 Å². The van der Waals surface area contributed by atoms with Crippen molar-refractivity contribution in [2.45, 2.75) is 13.8 Å². The molecule has 0 aliphatic heterocycles. The maximum Gasteiger partial charge on any atom is 0.140 e. The second-order valence-electron chi connectivity index (χ2n) is 3.18. The zero-order chi connectivity index (χ0) is 9.42. The van der Waals surface area contributed by atoms with Gasteiger partial charge >= 0.3 is 0 Å². The first-order chi connectivity index (χ1) is 6.22. The quantitative estimate of drug-likeness (QED) is 0.666. The normalized spacial score (nSPS) is 10.7. The smallest absolute Gasteiger partial charge is 0.140 e. The molecule has 0 spiro atoms. The molecule has 0 aliphatic rings. The van der Waals surface area contributed by atoms with Crippen LogP contribution in [0.25, 0.3) is 11.0 Å². The van der Waals surface area contributed by atoms with Crippen LogP contribution >= 0.6 is 0 Å². The Balaban J connectivity index is 2.83. The SMILES string of the molecule is COc1ccc(C)c2oc(C)cc12. The summed E-state index contributed by atoms with van der Waals surface area (Å²) < 4.78 is 10.8. The Morgan fingerprint density at radius 2 is 2.00 bits per heavy atom. The van der Waals surface area contributed by atoms with Crippen LogP contribution in [0, 0.1) is 13.8 Å². The highest BCUT2D eigenvalue weighted by Gasteiger charge is 2.07. The summed E-state index contributed by atoms with van der Waals surface area (Å²) in [5.74, 6) is 1.79. The minimum Gasteiger partial charge on any atom is -0.496 e. The second kappa shape index (κ2) is 2.80. The molecule has 68 valence electrons. The van der Waals surface area contributed by atoms with Crippen molar-refractivity contribution in [1.29, 1.82) is 0 Å². The van der Waals surface area contributed by atoms with Crippen molar-refractivity contribution < 1.29 is 9.15 Å². The first-order valence-electron chi connectivity index (χ1n) is 4.26. The Morgan fingerprint density at radius 3 is 2.69 bits per heavy atom. The second-order valence-corrected chi connectivity index (χ2v) is 3.18. The highest BCUT2D eigenvalue weighted by atomic mass is 16.5. The summed E-state index contributed by atoms with van der Waals surface area (Å²) >= 11 is 0. The van der Waals surface area contributed by atoms with E-state index in [4.69, 9.17) is 9.15 Å². The van der Waals surface area contributed by atoms with Gasteiger partial charge in [-0.1, -0.05) is 6.07 Å². The average Bonchev–Trinajstić information content (AvgIpc) is 2.48. The fourth-order valence-electron chi connectivity index (χ4n) is 1.53. The Bertz CT molecular complexity index is 441. The molecule has 1 aromatic carbocycles. The third kappa shape index (κ3) is 1.18. The van der Waals surface area contributed by atoms with Gasteiger partial charge in [0.2, 0.25) is 0 Å². The predicted octanol–water partition coefficient (Wildman–Crippen LogP) is 3.06. The van der Waals surface area contributed by atoms with E-state index >= 15 is 0 Å². The molecular weight excluding hydrogens is 164 g/mol. The molecule has 0 amide bonds. The van der Waals surface area contributed by atoms with Crippen LogP contribution in [-0.4, -0.2) is 7.11 Å². The molecule has 0 fully saturated rings. The van der Waals surface area contributed by atoms with Crippen molar-refractivity contribution in [3.63, 3.8) is 0 Å². The number of rotatable bonds is 1. The maximum atomic E-state index is 5.56. The predicted molar refractivity (Wildman–Crippen MR) is 52.2 cm³/mol. The molecular formula is C11H12O2. The summed E-state index contributed by atoms with van der Waals surface area (Å²) in [6.45, 7) is 3.98. The number of fused-ring (bicyclic) bond motifs is 1. The van der Waals surface area contributed by atoms with Crippen LogP contribution in [0.15, 0.2) is 22.6 Å². The molecule has 2 nitrogen and oxygen atoms in total. The topological polar surface area (TPSA) is 22.4 Å². The Labute approximate surface area is 77.1 Å². The van der Waals surface area contributed by atoms with Crippen LogP contribution in [0.2, 0.25) is 0 Å². The number of ether oxygens (including phenoxy) is 1. The van der Waals surface area contributed by atoms with Gasteiger partial charge in [-0.15, -0.1) is 0 Å². The Morgan fingerprint density at radius 1 is 1.23 bits per heavy atom. The van der Waals surface area contributed by atoms with E-state index in [0.29, 0.717) is 0 Å². The van der Waals surface area contributed by atoms with Crippen molar-refractivity contribution in [3.8, 4) is 5.75 Å². The van der Waals surface area contributed by atoms with Crippen molar-refractivity contribution in [2.24, 2.45) is 0 Å². The van der Waals surface area contributed by atoms with Gasteiger partial charge in [0.25, 0.3) is 0 Å². The van der Waals surface area contributed by atoms with Crippen LogP contribution in [0.1, 0.15) is 11.3 Å². The first kappa shape index (κ1) is 8.17. The van der Waals surface area contributed by atoms with Gasteiger partial charge in [0.15, 0.2) is 0 Å². The number of aryl methyl sites for hydroxylation is 2. The summed E-state index contributed by atoms with van der Waals surface area (Å²) in [5.41, 5.74) is 2.07. The third-order valence-electron chi connectivity index (χ3n) is 2.18. The summed E-state index contributed by atoms with van der Waals surface area (Å²) in [6.07, 6.45) is 0. The fourth-order valence-corrected chi connectivity index (χ4v) is 1.53. The molecule has 0 atom stereocenters. The fraction of sp³-hybridized carbons (Fsp3) is 0.273. The van der Waals surface area contributed by atoms with Crippen LogP contribution in [0.3, 0.4) is 0 Å². The zero-order valence-electron chi connectivity index (χ0n) is 8.05. The number of hydrogen-bond donors (Lipinski definition) is 0. The van der Waals surface area contributed by atoms with Gasteiger partial charge in [-0.05, 0) is 31.5 Å². The lowest BCUT2D eigenvalue weighted by molar-refractivity contribution is 0.419. The lowest BCUT2D eigenvalue weighted by atomic mass is 10.1. The minimum absolute atomic E-state index is 0.873. The highest BCUT2D eigenvalue weighted by molar-refractivity contribution is 5.87. The van der Waals surface area contributed by atoms with E-state index in [0.717, 1.165) is 28.0 Å². The summed E-state index contributed by atoms with van der Waals surface area (Å²) in [7, 11) is 1.67. The molecule has 2 heteroatoms. The van der Waals surface area contributed by atoms with Crippen molar-refractivity contribution in [3.05, 3.63) is 29.5 Å². The van der Waals surface area contributed by atoms with E-state index in [1.165, 1.54) is 0 Å². The van der Waals surface area contributed by atoms with Gasteiger partial charge in [0.05, 0.1) is 12.5 Å². The van der Waals surface area contributed by atoms with Crippen LogP contribution in [0.5, 0.6) is 5.75 Å². The monoisotopic (exact) mass is 176 g/mol. The summed E-state index contributed by atoms with van der Waals surface area (Å²) in [6, 6.07) is 5.97. The lowest BCUT2D eigenvalue weighted by Crippen LogP contribution is -1.83. The molecule has 0 bridgehead atoms. The van der Waals surface area contributed by atoms with E-state index in [1.54, 1.807) is 7.11 Å². The lowest BCUT2D eigenvalue weighted by Gasteiger charge is -2.01. The van der Waals surface area contributed by atoms with Gasteiger partial charge in [-0.2, -0.15) is 0 Å². The van der Waals surface area contributed by atoms with Crippen molar-refractivity contribution in [2.75, 3.05) is 7.11 Å². The van der Waals surface area contributed by atoms with E-state index in [-0.39, 0.29) is 0 Å². The molecule has 0 saturated heterocycles. The Kier molecular flexibility index (Phi) is 1.76. The standard InChI is InChI=1S/C11H12O2/c1-7-4-5-10(12-3)9-6-8(2)13-11(7)9/h4-6H,1-3H3. The number of hydrogen-bond acceptors (Lipinski definition) is 2. The molecule has 0 saturated carbocycles. The summed E-state index contributed by atoms with van der Waals surface area (Å²) in [5, 5.41) is 1.06. The number of methoxy groups -OCH3 is 1. The molecule has 1 aromatic heterocycles. The first-order valence-corrected chi connectivity index (χ1v) is 4.26. The van der Waals surface area contributed by atoms with E-state index in [9.17, 15) is 0 Å². The van der Waals surface area contributed by atoms with Crippen molar-refractivity contribution >= 4 is 11.0 Å². The van der Waals surface area contributed by atoms with E-state index in [2.05, 4.69) is 0 Å². The van der Waals surface area contributed by atoms with Gasteiger partial charge < -0.3 is 9.15 Å². The van der Waals surface area contributed by atoms with E-state index < -0.39 is 0 Å². The molecule has 2 rings (SSSR count). The third-order valence-corrected chi connectivity index (χ3v) is 2.18. The molecule has 13 heavy (non-hydrogen) atoms. The molecule has 0 radical (unpaired) electrons. The highest BCUT2D eigenvalue weighted by Crippen LogP contribution is 2.30. The number of benzene rings is 1. The van der Waals surface area contributed by atoms with Crippen LogP contribution in [-0.2, 0) is 0 Å². The number of furan rings is 1. The maximum absolute atomic E-state index is 5.56. The largest absolute Gasteiger partial charge is 0.496 e. The zero-order valence-corrected chi connectivity index (χ0v) is 8.05. The minimum atomic E-state index is 0.873. The van der Waals surface area contributed by atoms with Crippen molar-refractivity contribution in [1.82, 2.24) is 0 Å². The van der Waals surface area contributed by atoms with Gasteiger partial charge in [-0.3, -0.25) is 0 Å². The Hall–Kier alpha value is -1.44. The molecule has 2 aromatic rings. The van der Waals surface area contributed by atoms with Gasteiger partial charge in [0.1, 0.15) is 17.1 Å². The molecule has 1 heterocycles. The molecule has 0 unspecified atom stereocenters. The average molecular weight is 176 g/mol. The molecule has 0 N–H and O–H groups in total. The van der Waals surface area contributed by atoms with Gasteiger partial charge in [-0.25, -0.2) is 0 Å². The van der Waals surface area contributed by atoms with Crippen LogP contribution in [0.4, 0.5) is 0 Å². The molecule has 0 aliphatic carbocycles. The van der Waals surface area contributed by atoms with Crippen LogP contribution < -0.4 is 4.74 Å².